The molecule has 0 spiro atoms. The smallest absolute Gasteiger partial charge is 0.210 e. The molecule has 2 N–H and O–H groups in total. The van der Waals surface area contributed by atoms with Crippen LogP contribution in [0.1, 0.15) is 5.82 Å². The molecule has 3 aromatic rings. The van der Waals surface area contributed by atoms with Crippen LogP contribution in [0.15, 0.2) is 36.7 Å². The zero-order valence-electron chi connectivity index (χ0n) is 8.36. The highest BCUT2D eigenvalue weighted by Gasteiger charge is 2.07. The number of nitriles is 1. The van der Waals surface area contributed by atoms with Crippen molar-refractivity contribution in [2.75, 3.05) is 0 Å². The Morgan fingerprint density at radius 3 is 2.94 bits per heavy atom. The minimum atomic E-state index is 0.334. The van der Waals surface area contributed by atoms with Crippen LogP contribution in [-0.2, 0) is 0 Å². The predicted molar refractivity (Wildman–Crippen MR) is 60.6 cm³/mol. The lowest BCUT2D eigenvalue weighted by Crippen LogP contribution is -1.76. The van der Waals surface area contributed by atoms with Crippen LogP contribution in [0, 0.1) is 11.3 Å². The van der Waals surface area contributed by atoms with E-state index in [1.165, 1.54) is 0 Å². The van der Waals surface area contributed by atoms with Gasteiger partial charge in [0.25, 0.3) is 0 Å². The van der Waals surface area contributed by atoms with Crippen LogP contribution in [0.5, 0.6) is 0 Å². The zero-order chi connectivity index (χ0) is 11.0. The van der Waals surface area contributed by atoms with Crippen molar-refractivity contribution in [1.29, 1.82) is 5.26 Å². The Kier molecular flexibility index (Phi) is 1.77. The van der Waals surface area contributed by atoms with Crippen LogP contribution in [0.2, 0.25) is 0 Å². The third kappa shape index (κ3) is 1.19. The van der Waals surface area contributed by atoms with Gasteiger partial charge in [0.15, 0.2) is 0 Å². The molecule has 4 nitrogen and oxygen atoms in total. The molecule has 0 unspecified atom stereocenters. The maximum atomic E-state index is 8.71. The van der Waals surface area contributed by atoms with Gasteiger partial charge in [-0.3, -0.25) is 0 Å². The monoisotopic (exact) mass is 208 g/mol. The number of rotatable bonds is 1. The van der Waals surface area contributed by atoms with E-state index in [4.69, 9.17) is 5.26 Å². The van der Waals surface area contributed by atoms with Crippen LogP contribution in [0.4, 0.5) is 0 Å². The number of nitrogens with zero attached hydrogens (tertiary/aromatic N) is 2. The van der Waals surface area contributed by atoms with E-state index in [1.54, 1.807) is 6.20 Å². The van der Waals surface area contributed by atoms with E-state index >= 15 is 0 Å². The van der Waals surface area contributed by atoms with Crippen molar-refractivity contribution < 1.29 is 0 Å². The largest absolute Gasteiger partial charge is 0.360 e. The molecule has 0 aliphatic rings. The molecule has 0 aliphatic carbocycles. The van der Waals surface area contributed by atoms with Crippen molar-refractivity contribution in [2.45, 2.75) is 0 Å². The molecule has 3 rings (SSSR count). The van der Waals surface area contributed by atoms with E-state index in [-0.39, 0.29) is 0 Å². The number of H-pyrrole nitrogens is 2. The van der Waals surface area contributed by atoms with Crippen molar-refractivity contribution in [3.8, 4) is 17.3 Å². The van der Waals surface area contributed by atoms with Crippen molar-refractivity contribution in [3.05, 3.63) is 42.5 Å². The number of aromatic amines is 2. The van der Waals surface area contributed by atoms with E-state index < -0.39 is 0 Å². The highest BCUT2D eigenvalue weighted by molar-refractivity contribution is 5.94. The molecular weight excluding hydrogens is 200 g/mol. The summed E-state index contributed by atoms with van der Waals surface area (Å²) in [5, 5.41) is 9.83. The highest BCUT2D eigenvalue weighted by Crippen LogP contribution is 2.26. The number of para-hydroxylation sites is 1. The Balaban J connectivity index is 2.23. The van der Waals surface area contributed by atoms with Gasteiger partial charge in [0.2, 0.25) is 5.82 Å². The fraction of sp³-hybridized carbons (Fsp3) is 0. The van der Waals surface area contributed by atoms with Crippen molar-refractivity contribution in [2.24, 2.45) is 0 Å². The van der Waals surface area contributed by atoms with E-state index in [1.807, 2.05) is 36.5 Å². The number of hydrogen-bond donors (Lipinski definition) is 2. The molecule has 2 aromatic heterocycles. The highest BCUT2D eigenvalue weighted by atomic mass is 14.9. The van der Waals surface area contributed by atoms with Gasteiger partial charge in [-0.1, -0.05) is 18.2 Å². The van der Waals surface area contributed by atoms with Gasteiger partial charge in [-0.15, -0.1) is 0 Å². The van der Waals surface area contributed by atoms with Crippen LogP contribution in [0.25, 0.3) is 22.2 Å². The Hall–Kier alpha value is -2.54. The number of aromatic nitrogens is 3. The number of hydrogen-bond acceptors (Lipinski definition) is 2. The Bertz CT molecular complexity index is 684. The van der Waals surface area contributed by atoms with E-state index in [2.05, 4.69) is 15.0 Å². The summed E-state index contributed by atoms with van der Waals surface area (Å²) < 4.78 is 0. The average Bonchev–Trinajstić information content (AvgIpc) is 2.94. The quantitative estimate of drug-likeness (QED) is 0.644. The van der Waals surface area contributed by atoms with E-state index in [0.29, 0.717) is 5.82 Å². The second-order valence-electron chi connectivity index (χ2n) is 3.51. The fourth-order valence-electron chi connectivity index (χ4n) is 1.81. The topological polar surface area (TPSA) is 68.3 Å². The summed E-state index contributed by atoms with van der Waals surface area (Å²) in [5.41, 5.74) is 2.96. The molecule has 1 aromatic carbocycles. The van der Waals surface area contributed by atoms with Gasteiger partial charge in [0.05, 0.1) is 11.9 Å². The van der Waals surface area contributed by atoms with Crippen LogP contribution < -0.4 is 0 Å². The molecule has 76 valence electrons. The minimum Gasteiger partial charge on any atom is -0.360 e. The first-order valence-corrected chi connectivity index (χ1v) is 4.90. The Labute approximate surface area is 91.6 Å². The molecule has 0 saturated carbocycles. The predicted octanol–water partition coefficient (Wildman–Crippen LogP) is 2.43. The van der Waals surface area contributed by atoms with Gasteiger partial charge in [-0.25, -0.2) is 4.98 Å². The van der Waals surface area contributed by atoms with Gasteiger partial charge in [-0.2, -0.15) is 5.26 Å². The van der Waals surface area contributed by atoms with Crippen molar-refractivity contribution >= 4 is 10.9 Å². The van der Waals surface area contributed by atoms with E-state index in [9.17, 15) is 0 Å². The molecule has 0 saturated heterocycles. The third-order valence-electron chi connectivity index (χ3n) is 2.56. The summed E-state index contributed by atoms with van der Waals surface area (Å²) in [4.78, 5) is 10.1. The Morgan fingerprint density at radius 2 is 2.12 bits per heavy atom. The van der Waals surface area contributed by atoms with Gasteiger partial charge in [0, 0.05) is 22.7 Å². The first-order valence-electron chi connectivity index (χ1n) is 4.90. The van der Waals surface area contributed by atoms with Gasteiger partial charge < -0.3 is 9.97 Å². The lowest BCUT2D eigenvalue weighted by Gasteiger charge is -1.93. The maximum Gasteiger partial charge on any atom is 0.210 e. The van der Waals surface area contributed by atoms with Crippen LogP contribution >= 0.6 is 0 Å². The molecule has 0 fully saturated rings. The third-order valence-corrected chi connectivity index (χ3v) is 2.56. The summed E-state index contributed by atoms with van der Waals surface area (Å²) in [6, 6.07) is 10.0. The summed E-state index contributed by atoms with van der Waals surface area (Å²) >= 11 is 0. The first kappa shape index (κ1) is 8.74. The number of fused-ring (bicyclic) bond motifs is 1. The van der Waals surface area contributed by atoms with E-state index in [0.717, 1.165) is 22.2 Å². The second-order valence-corrected chi connectivity index (χ2v) is 3.51. The van der Waals surface area contributed by atoms with Crippen LogP contribution in [-0.4, -0.2) is 15.0 Å². The Morgan fingerprint density at radius 1 is 1.25 bits per heavy atom. The molecule has 0 amide bonds. The van der Waals surface area contributed by atoms with Gasteiger partial charge in [0.1, 0.15) is 6.07 Å². The SMILES string of the molecule is N#Cc1ncc(-c2c[nH]c3ccccc23)[nH]1. The molecule has 0 aliphatic heterocycles. The molecular formula is C12H8N4. The standard InChI is InChI=1S/C12H8N4/c13-5-12-15-7-11(16-12)9-6-14-10-4-2-1-3-8(9)10/h1-4,6-7,14H,(H,15,16). The van der Waals surface area contributed by atoms with Crippen molar-refractivity contribution in [3.63, 3.8) is 0 Å². The summed E-state index contributed by atoms with van der Waals surface area (Å²) in [5.74, 6) is 0.334. The molecule has 2 heterocycles. The molecule has 16 heavy (non-hydrogen) atoms. The maximum absolute atomic E-state index is 8.71. The minimum absolute atomic E-state index is 0.334. The van der Waals surface area contributed by atoms with Crippen LogP contribution in [0.3, 0.4) is 0 Å². The molecule has 4 heteroatoms. The number of imidazole rings is 1. The molecule has 0 bridgehead atoms. The van der Waals surface area contributed by atoms with Gasteiger partial charge >= 0.3 is 0 Å². The average molecular weight is 208 g/mol. The normalized spacial score (nSPS) is 10.4. The lowest BCUT2D eigenvalue weighted by atomic mass is 10.1. The second kappa shape index (κ2) is 3.24. The fourth-order valence-corrected chi connectivity index (χ4v) is 1.81. The van der Waals surface area contributed by atoms with Gasteiger partial charge in [-0.05, 0) is 6.07 Å². The first-order chi connectivity index (χ1) is 7.88. The molecule has 0 radical (unpaired) electrons. The van der Waals surface area contributed by atoms with Crippen molar-refractivity contribution in [1.82, 2.24) is 15.0 Å². The lowest BCUT2D eigenvalue weighted by molar-refractivity contribution is 1.23. The zero-order valence-corrected chi connectivity index (χ0v) is 8.36. The number of nitrogens with one attached hydrogen (secondary N) is 2. The molecule has 0 atom stereocenters. The summed E-state index contributed by atoms with van der Waals surface area (Å²) in [7, 11) is 0. The summed E-state index contributed by atoms with van der Waals surface area (Å²) in [6.45, 7) is 0. The summed E-state index contributed by atoms with van der Waals surface area (Å²) in [6.07, 6.45) is 3.59. The number of benzene rings is 1.